The van der Waals surface area contributed by atoms with Gasteiger partial charge in [-0.05, 0) is 36.4 Å². The summed E-state index contributed by atoms with van der Waals surface area (Å²) in [6, 6.07) is 10.4. The van der Waals surface area contributed by atoms with Crippen molar-refractivity contribution in [3.05, 3.63) is 48.2 Å². The van der Waals surface area contributed by atoms with Gasteiger partial charge in [0.2, 0.25) is 5.91 Å². The first-order valence-electron chi connectivity index (χ1n) is 8.74. The van der Waals surface area contributed by atoms with E-state index >= 15 is 0 Å². The summed E-state index contributed by atoms with van der Waals surface area (Å²) in [6.07, 6.45) is 1.84. The van der Waals surface area contributed by atoms with Gasteiger partial charge in [-0.2, -0.15) is 0 Å². The zero-order chi connectivity index (χ0) is 19.1. The maximum atomic E-state index is 12.7. The first kappa shape index (κ1) is 18.7. The summed E-state index contributed by atoms with van der Waals surface area (Å²) in [5.74, 6) is 0.618. The molecule has 1 aliphatic rings. The van der Waals surface area contributed by atoms with E-state index in [1.165, 1.54) is 0 Å². The molecule has 0 saturated carbocycles. The Morgan fingerprint density at radius 3 is 2.63 bits per heavy atom. The molecule has 2 heterocycles. The van der Waals surface area contributed by atoms with E-state index < -0.39 is 5.91 Å². The molecule has 2 aromatic rings. The monoisotopic (exact) mass is 370 g/mol. The molecule has 1 fully saturated rings. The van der Waals surface area contributed by atoms with Gasteiger partial charge in [0, 0.05) is 25.0 Å². The normalized spacial score (nSPS) is 13.9. The van der Waals surface area contributed by atoms with Crippen molar-refractivity contribution in [2.24, 2.45) is 5.73 Å². The zero-order valence-electron chi connectivity index (χ0n) is 14.9. The van der Waals surface area contributed by atoms with Gasteiger partial charge >= 0.3 is 0 Å². The number of carbonyl (C=O) groups is 2. The Bertz CT molecular complexity index is 789. The van der Waals surface area contributed by atoms with Crippen LogP contribution in [0.3, 0.4) is 0 Å². The number of nitrogens with one attached hydrogen (secondary N) is 1. The molecule has 0 radical (unpaired) electrons. The van der Waals surface area contributed by atoms with Crippen LogP contribution in [0.25, 0.3) is 0 Å². The van der Waals surface area contributed by atoms with Gasteiger partial charge in [-0.3, -0.25) is 9.59 Å². The highest BCUT2D eigenvalue weighted by Crippen LogP contribution is 2.21. The van der Waals surface area contributed by atoms with Crippen LogP contribution in [0.2, 0.25) is 0 Å². The average molecular weight is 370 g/mol. The third-order valence-corrected chi connectivity index (χ3v) is 4.07. The maximum Gasteiger partial charge on any atom is 0.259 e. The number of carbonyl (C=O) groups excluding carboxylic acids is 2. The molecule has 0 bridgehead atoms. The number of benzene rings is 1. The third-order valence-electron chi connectivity index (χ3n) is 4.07. The summed E-state index contributed by atoms with van der Waals surface area (Å²) in [6.45, 7) is 2.87. The highest BCUT2D eigenvalue weighted by Gasteiger charge is 2.19. The predicted molar refractivity (Wildman–Crippen MR) is 101 cm³/mol. The Morgan fingerprint density at radius 1 is 1.19 bits per heavy atom. The lowest BCUT2D eigenvalue weighted by atomic mass is 10.2. The number of ether oxygens (including phenoxy) is 2. The van der Waals surface area contributed by atoms with E-state index in [-0.39, 0.29) is 18.9 Å². The molecule has 0 unspecified atom stereocenters. The largest absolute Gasteiger partial charge is 0.493 e. The van der Waals surface area contributed by atoms with Gasteiger partial charge in [-0.25, -0.2) is 4.98 Å². The molecule has 8 heteroatoms. The smallest absolute Gasteiger partial charge is 0.259 e. The Hall–Kier alpha value is -3.13. The third kappa shape index (κ3) is 5.18. The Morgan fingerprint density at radius 2 is 1.93 bits per heavy atom. The SMILES string of the molecule is NC(=O)CCOc1ccc(NC(=O)c2cccnc2N2CCOCC2)cc1. The molecule has 3 rings (SSSR count). The molecule has 0 atom stereocenters. The second-order valence-electron chi connectivity index (χ2n) is 6.02. The number of hydrogen-bond donors (Lipinski definition) is 2. The van der Waals surface area contributed by atoms with Crippen molar-refractivity contribution < 1.29 is 19.1 Å². The number of nitrogens with zero attached hydrogens (tertiary/aromatic N) is 2. The van der Waals surface area contributed by atoms with Crippen LogP contribution in [0.5, 0.6) is 5.75 Å². The highest BCUT2D eigenvalue weighted by atomic mass is 16.5. The topological polar surface area (TPSA) is 107 Å². The fourth-order valence-electron chi connectivity index (χ4n) is 2.70. The summed E-state index contributed by atoms with van der Waals surface area (Å²) >= 11 is 0. The van der Waals surface area contributed by atoms with Gasteiger partial charge in [0.05, 0.1) is 31.8 Å². The number of morpholine rings is 1. The minimum atomic E-state index is -0.411. The van der Waals surface area contributed by atoms with Gasteiger partial charge in [0.25, 0.3) is 5.91 Å². The number of aromatic nitrogens is 1. The van der Waals surface area contributed by atoms with E-state index in [0.717, 1.165) is 0 Å². The lowest BCUT2D eigenvalue weighted by Gasteiger charge is -2.29. The lowest BCUT2D eigenvalue weighted by molar-refractivity contribution is -0.118. The fraction of sp³-hybridized carbons (Fsp3) is 0.316. The molecule has 1 aromatic heterocycles. The predicted octanol–water partition coefficient (Wildman–Crippen LogP) is 1.42. The van der Waals surface area contributed by atoms with Crippen LogP contribution in [-0.4, -0.2) is 49.7 Å². The van der Waals surface area contributed by atoms with Crippen LogP contribution < -0.4 is 20.7 Å². The quantitative estimate of drug-likeness (QED) is 0.763. The number of pyridine rings is 1. The van der Waals surface area contributed by atoms with Crippen molar-refractivity contribution in [1.82, 2.24) is 4.98 Å². The van der Waals surface area contributed by atoms with Crippen molar-refractivity contribution in [1.29, 1.82) is 0 Å². The van der Waals surface area contributed by atoms with E-state index in [4.69, 9.17) is 15.2 Å². The van der Waals surface area contributed by atoms with Crippen molar-refractivity contribution >= 4 is 23.3 Å². The summed E-state index contributed by atoms with van der Waals surface area (Å²) < 4.78 is 10.8. The standard InChI is InChI=1S/C19H22N4O4/c20-17(24)7-11-27-15-5-3-14(4-6-15)22-19(25)16-2-1-8-21-18(16)23-9-12-26-13-10-23/h1-6,8H,7,9-13H2,(H2,20,24)(H,22,25). The molecular formula is C19H22N4O4. The van der Waals surface area contributed by atoms with E-state index in [1.54, 1.807) is 42.6 Å². The number of primary amides is 1. The number of rotatable bonds is 7. The zero-order valence-corrected chi connectivity index (χ0v) is 14.9. The second kappa shape index (κ2) is 9.00. The first-order valence-corrected chi connectivity index (χ1v) is 8.74. The minimum absolute atomic E-state index is 0.157. The average Bonchev–Trinajstić information content (AvgIpc) is 2.70. The summed E-state index contributed by atoms with van der Waals surface area (Å²) in [5, 5.41) is 2.87. The summed E-state index contributed by atoms with van der Waals surface area (Å²) in [7, 11) is 0. The molecule has 3 N–H and O–H groups in total. The molecule has 8 nitrogen and oxygen atoms in total. The van der Waals surface area contributed by atoms with Crippen LogP contribution >= 0.6 is 0 Å². The molecule has 1 saturated heterocycles. The van der Waals surface area contributed by atoms with Crippen LogP contribution in [0.15, 0.2) is 42.6 Å². The molecule has 142 valence electrons. The van der Waals surface area contributed by atoms with Crippen LogP contribution in [0, 0.1) is 0 Å². The van der Waals surface area contributed by atoms with Crippen molar-refractivity contribution in [3.63, 3.8) is 0 Å². The van der Waals surface area contributed by atoms with Crippen molar-refractivity contribution in [2.45, 2.75) is 6.42 Å². The van der Waals surface area contributed by atoms with E-state index in [2.05, 4.69) is 10.3 Å². The first-order chi connectivity index (χ1) is 13.1. The molecule has 1 aromatic carbocycles. The van der Waals surface area contributed by atoms with E-state index in [1.807, 2.05) is 4.90 Å². The van der Waals surface area contributed by atoms with Gasteiger partial charge in [0.1, 0.15) is 11.6 Å². The van der Waals surface area contributed by atoms with Gasteiger partial charge in [-0.1, -0.05) is 0 Å². The van der Waals surface area contributed by atoms with Crippen LogP contribution in [0.1, 0.15) is 16.8 Å². The Balaban J connectivity index is 1.64. The maximum absolute atomic E-state index is 12.7. The van der Waals surface area contributed by atoms with Gasteiger partial charge in [0.15, 0.2) is 0 Å². The van der Waals surface area contributed by atoms with Crippen molar-refractivity contribution in [3.8, 4) is 5.75 Å². The molecule has 2 amide bonds. The van der Waals surface area contributed by atoms with Crippen LogP contribution in [0.4, 0.5) is 11.5 Å². The van der Waals surface area contributed by atoms with Crippen molar-refractivity contribution in [2.75, 3.05) is 43.1 Å². The fourth-order valence-corrected chi connectivity index (χ4v) is 2.70. The summed E-state index contributed by atoms with van der Waals surface area (Å²) in [5.41, 5.74) is 6.23. The number of anilines is 2. The summed E-state index contributed by atoms with van der Waals surface area (Å²) in [4.78, 5) is 29.9. The minimum Gasteiger partial charge on any atom is -0.493 e. The van der Waals surface area contributed by atoms with E-state index in [9.17, 15) is 9.59 Å². The Kier molecular flexibility index (Phi) is 6.22. The molecule has 27 heavy (non-hydrogen) atoms. The second-order valence-corrected chi connectivity index (χ2v) is 6.02. The van der Waals surface area contributed by atoms with Gasteiger partial charge in [-0.15, -0.1) is 0 Å². The highest BCUT2D eigenvalue weighted by molar-refractivity contribution is 6.07. The number of hydrogen-bond acceptors (Lipinski definition) is 6. The number of nitrogens with two attached hydrogens (primary N) is 1. The lowest BCUT2D eigenvalue weighted by Crippen LogP contribution is -2.38. The van der Waals surface area contributed by atoms with Gasteiger partial charge < -0.3 is 25.4 Å². The molecule has 1 aliphatic heterocycles. The van der Waals surface area contributed by atoms with E-state index in [0.29, 0.717) is 49.1 Å². The Labute approximate surface area is 157 Å². The molecule has 0 spiro atoms. The van der Waals surface area contributed by atoms with Crippen LogP contribution in [-0.2, 0) is 9.53 Å². The number of amides is 2. The molecular weight excluding hydrogens is 348 g/mol. The molecule has 0 aliphatic carbocycles.